The topological polar surface area (TPSA) is 67.9 Å². The molecule has 6 heteroatoms. The molecule has 0 unspecified atom stereocenters. The van der Waals surface area contributed by atoms with Crippen molar-refractivity contribution in [3.8, 4) is 11.5 Å². The van der Waals surface area contributed by atoms with Gasteiger partial charge in [0.25, 0.3) is 5.91 Å². The van der Waals surface area contributed by atoms with Gasteiger partial charge in [-0.15, -0.1) is 0 Å². The quantitative estimate of drug-likeness (QED) is 0.737. The molecule has 1 aliphatic rings. The van der Waals surface area contributed by atoms with Gasteiger partial charge < -0.3 is 19.7 Å². The molecule has 0 aromatic heterocycles. The summed E-state index contributed by atoms with van der Waals surface area (Å²) in [6.07, 6.45) is 0. The van der Waals surface area contributed by atoms with Gasteiger partial charge in [0.1, 0.15) is 0 Å². The molecule has 31 heavy (non-hydrogen) atoms. The van der Waals surface area contributed by atoms with Crippen LogP contribution in [0.3, 0.4) is 0 Å². The van der Waals surface area contributed by atoms with Crippen molar-refractivity contribution in [1.82, 2.24) is 10.2 Å². The van der Waals surface area contributed by atoms with E-state index in [4.69, 9.17) is 9.47 Å². The maximum absolute atomic E-state index is 13.3. The summed E-state index contributed by atoms with van der Waals surface area (Å²) in [5.41, 5.74) is 2.48. The average molecular weight is 425 g/mol. The number of para-hydroxylation sites is 1. The second kappa shape index (κ2) is 9.86. The van der Waals surface area contributed by atoms with Gasteiger partial charge in [-0.1, -0.05) is 44.2 Å². The van der Waals surface area contributed by atoms with Crippen LogP contribution in [0.4, 0.5) is 0 Å². The number of benzene rings is 2. The lowest BCUT2D eigenvalue weighted by Crippen LogP contribution is -2.37. The highest BCUT2D eigenvalue weighted by molar-refractivity contribution is 5.96. The van der Waals surface area contributed by atoms with E-state index in [-0.39, 0.29) is 23.7 Å². The molecule has 1 heterocycles. The summed E-state index contributed by atoms with van der Waals surface area (Å²) in [6, 6.07) is 13.2. The van der Waals surface area contributed by atoms with Crippen LogP contribution in [0.2, 0.25) is 0 Å². The van der Waals surface area contributed by atoms with Crippen molar-refractivity contribution >= 4 is 11.8 Å². The Morgan fingerprint density at radius 1 is 1.06 bits per heavy atom. The molecule has 0 spiro atoms. The zero-order chi connectivity index (χ0) is 22.5. The van der Waals surface area contributed by atoms with Gasteiger partial charge in [-0.25, -0.2) is 0 Å². The molecule has 2 amide bonds. The number of amides is 2. The highest BCUT2D eigenvalue weighted by Crippen LogP contribution is 2.42. The summed E-state index contributed by atoms with van der Waals surface area (Å²) in [7, 11) is 3.19. The third-order valence-electron chi connectivity index (χ3n) is 5.84. The molecule has 0 radical (unpaired) electrons. The third kappa shape index (κ3) is 4.84. The Morgan fingerprint density at radius 2 is 1.81 bits per heavy atom. The van der Waals surface area contributed by atoms with E-state index in [9.17, 15) is 9.59 Å². The standard InChI is InChI=1S/C25H32N2O4/c1-16(2)13-26-24(28)21-15-27(25(29)18-10-7-6-9-17(18)3)14-20(21)19-11-8-12-22(30-4)23(19)31-5/h6-12,16,20-21H,13-15H2,1-5H3,(H,26,28)/t20-,21+/m1/s1. The smallest absolute Gasteiger partial charge is 0.254 e. The van der Waals surface area contributed by atoms with Crippen molar-refractivity contribution in [2.75, 3.05) is 33.9 Å². The van der Waals surface area contributed by atoms with E-state index in [1.165, 1.54) is 0 Å². The zero-order valence-electron chi connectivity index (χ0n) is 19.0. The molecule has 0 saturated carbocycles. The summed E-state index contributed by atoms with van der Waals surface area (Å²) in [5, 5.41) is 3.05. The number of hydrogen-bond acceptors (Lipinski definition) is 4. The fourth-order valence-electron chi connectivity index (χ4n) is 4.17. The van der Waals surface area contributed by atoms with Crippen LogP contribution in [-0.4, -0.2) is 50.6 Å². The monoisotopic (exact) mass is 424 g/mol. The zero-order valence-corrected chi connectivity index (χ0v) is 19.0. The Hall–Kier alpha value is -3.02. The van der Waals surface area contributed by atoms with Crippen molar-refractivity contribution in [2.45, 2.75) is 26.7 Å². The molecule has 1 saturated heterocycles. The second-order valence-corrected chi connectivity index (χ2v) is 8.46. The summed E-state index contributed by atoms with van der Waals surface area (Å²) in [6.45, 7) is 7.46. The Bertz CT molecular complexity index is 941. The van der Waals surface area contributed by atoms with Gasteiger partial charge in [0.05, 0.1) is 20.1 Å². The van der Waals surface area contributed by atoms with Crippen LogP contribution < -0.4 is 14.8 Å². The largest absolute Gasteiger partial charge is 0.493 e. The number of methoxy groups -OCH3 is 2. The lowest BCUT2D eigenvalue weighted by Gasteiger charge is -2.22. The van der Waals surface area contributed by atoms with Crippen LogP contribution >= 0.6 is 0 Å². The molecule has 2 aromatic carbocycles. The molecule has 2 aromatic rings. The van der Waals surface area contributed by atoms with Gasteiger partial charge in [-0.2, -0.15) is 0 Å². The van der Waals surface area contributed by atoms with Crippen molar-refractivity contribution in [2.24, 2.45) is 11.8 Å². The first-order valence-electron chi connectivity index (χ1n) is 10.7. The van der Waals surface area contributed by atoms with Crippen LogP contribution in [0.25, 0.3) is 0 Å². The summed E-state index contributed by atoms with van der Waals surface area (Å²) in [4.78, 5) is 28.2. The van der Waals surface area contributed by atoms with Crippen LogP contribution in [0.1, 0.15) is 41.3 Å². The summed E-state index contributed by atoms with van der Waals surface area (Å²) in [5.74, 6) is 0.928. The summed E-state index contributed by atoms with van der Waals surface area (Å²) >= 11 is 0. The molecule has 2 atom stereocenters. The minimum atomic E-state index is -0.368. The number of nitrogens with zero attached hydrogens (tertiary/aromatic N) is 1. The van der Waals surface area contributed by atoms with Crippen molar-refractivity contribution in [3.63, 3.8) is 0 Å². The first kappa shape index (κ1) is 22.7. The average Bonchev–Trinajstić information content (AvgIpc) is 3.22. The van der Waals surface area contributed by atoms with E-state index in [1.54, 1.807) is 19.1 Å². The van der Waals surface area contributed by atoms with Crippen LogP contribution in [0.5, 0.6) is 11.5 Å². The normalized spacial score (nSPS) is 18.2. The molecule has 1 N–H and O–H groups in total. The van der Waals surface area contributed by atoms with Gasteiger partial charge >= 0.3 is 0 Å². The molecule has 6 nitrogen and oxygen atoms in total. The number of hydrogen-bond donors (Lipinski definition) is 1. The van der Waals surface area contributed by atoms with Crippen LogP contribution in [0, 0.1) is 18.8 Å². The van der Waals surface area contributed by atoms with E-state index < -0.39 is 0 Å². The third-order valence-corrected chi connectivity index (χ3v) is 5.84. The second-order valence-electron chi connectivity index (χ2n) is 8.46. The first-order chi connectivity index (χ1) is 14.9. The summed E-state index contributed by atoms with van der Waals surface area (Å²) < 4.78 is 11.1. The molecule has 0 bridgehead atoms. The molecule has 1 aliphatic heterocycles. The number of aryl methyl sites for hydroxylation is 1. The van der Waals surface area contributed by atoms with Gasteiger partial charge in [-0.3, -0.25) is 9.59 Å². The molecule has 1 fully saturated rings. The maximum Gasteiger partial charge on any atom is 0.254 e. The molecule has 0 aliphatic carbocycles. The fourth-order valence-corrected chi connectivity index (χ4v) is 4.17. The minimum Gasteiger partial charge on any atom is -0.493 e. The SMILES string of the molecule is COc1cccc([C@H]2CN(C(=O)c3ccccc3C)C[C@@H]2C(=O)NCC(C)C)c1OC. The Labute approximate surface area is 184 Å². The highest BCUT2D eigenvalue weighted by Gasteiger charge is 2.42. The molecular formula is C25H32N2O4. The lowest BCUT2D eigenvalue weighted by molar-refractivity contribution is -0.125. The van der Waals surface area contributed by atoms with Crippen molar-refractivity contribution in [1.29, 1.82) is 0 Å². The molecule has 3 rings (SSSR count). The van der Waals surface area contributed by atoms with Crippen LogP contribution in [-0.2, 0) is 4.79 Å². The van der Waals surface area contributed by atoms with Gasteiger partial charge in [0, 0.05) is 36.7 Å². The lowest BCUT2D eigenvalue weighted by atomic mass is 9.87. The van der Waals surface area contributed by atoms with E-state index in [2.05, 4.69) is 19.2 Å². The van der Waals surface area contributed by atoms with E-state index in [0.717, 1.165) is 11.1 Å². The molecule has 166 valence electrons. The van der Waals surface area contributed by atoms with Gasteiger partial charge in [-0.05, 0) is 30.5 Å². The first-order valence-corrected chi connectivity index (χ1v) is 10.7. The maximum atomic E-state index is 13.3. The number of likely N-dealkylation sites (tertiary alicyclic amines) is 1. The Balaban J connectivity index is 1.96. The van der Waals surface area contributed by atoms with E-state index in [1.807, 2.05) is 49.4 Å². The highest BCUT2D eigenvalue weighted by atomic mass is 16.5. The fraction of sp³-hybridized carbons (Fsp3) is 0.440. The number of rotatable bonds is 7. The van der Waals surface area contributed by atoms with Gasteiger partial charge in [0.2, 0.25) is 5.91 Å². The number of ether oxygens (including phenoxy) is 2. The number of carbonyl (C=O) groups excluding carboxylic acids is 2. The predicted molar refractivity (Wildman–Crippen MR) is 121 cm³/mol. The molecular weight excluding hydrogens is 392 g/mol. The van der Waals surface area contributed by atoms with E-state index in [0.29, 0.717) is 42.6 Å². The number of nitrogens with one attached hydrogen (secondary N) is 1. The predicted octanol–water partition coefficient (Wildman–Crippen LogP) is 3.64. The van der Waals surface area contributed by atoms with Crippen molar-refractivity contribution < 1.29 is 19.1 Å². The van der Waals surface area contributed by atoms with Gasteiger partial charge in [0.15, 0.2) is 11.5 Å². The number of carbonyl (C=O) groups is 2. The van der Waals surface area contributed by atoms with Crippen LogP contribution in [0.15, 0.2) is 42.5 Å². The minimum absolute atomic E-state index is 0.0383. The Morgan fingerprint density at radius 3 is 2.45 bits per heavy atom. The Kier molecular flexibility index (Phi) is 7.21. The van der Waals surface area contributed by atoms with E-state index >= 15 is 0 Å². The van der Waals surface area contributed by atoms with Crippen molar-refractivity contribution in [3.05, 3.63) is 59.2 Å².